The fourth-order valence-corrected chi connectivity index (χ4v) is 2.55. The largest absolute Gasteiger partial charge is 0.333 e. The summed E-state index contributed by atoms with van der Waals surface area (Å²) in [7, 11) is 0. The van der Waals surface area contributed by atoms with Crippen LogP contribution in [0, 0.1) is 0 Å². The van der Waals surface area contributed by atoms with Crippen molar-refractivity contribution in [3.05, 3.63) is 29.8 Å². The van der Waals surface area contributed by atoms with Crippen LogP contribution in [0.1, 0.15) is 51.6 Å². The molecule has 0 saturated heterocycles. The fraction of sp³-hybridized carbons (Fsp3) is 0.562. The van der Waals surface area contributed by atoms with Crippen LogP contribution in [0.25, 0.3) is 0 Å². The zero-order valence-electron chi connectivity index (χ0n) is 12.6. The van der Waals surface area contributed by atoms with Gasteiger partial charge < -0.3 is 16.0 Å². The molecule has 20 heavy (non-hydrogen) atoms. The monoisotopic (exact) mass is 275 g/mol. The number of hydrogen-bond donors (Lipinski definition) is 3. The highest BCUT2D eigenvalue weighted by Gasteiger charge is 2.33. The van der Waals surface area contributed by atoms with Crippen molar-refractivity contribution in [2.24, 2.45) is 0 Å². The second-order valence-electron chi connectivity index (χ2n) is 5.89. The lowest BCUT2D eigenvalue weighted by Gasteiger charge is -2.39. The predicted molar refractivity (Wildman–Crippen MR) is 82.9 cm³/mol. The maximum atomic E-state index is 11.9. The molecule has 3 N–H and O–H groups in total. The molecule has 0 bridgehead atoms. The van der Waals surface area contributed by atoms with Gasteiger partial charge in [0.15, 0.2) is 0 Å². The summed E-state index contributed by atoms with van der Waals surface area (Å²) in [6.45, 7) is 7.27. The van der Waals surface area contributed by atoms with Crippen LogP contribution in [-0.2, 0) is 0 Å². The SMILES string of the molecule is CCNC(C)c1ccc(NC(=O)NC2(C)CCC2)cc1. The van der Waals surface area contributed by atoms with Crippen molar-refractivity contribution in [1.82, 2.24) is 10.6 Å². The molecule has 0 spiro atoms. The Labute approximate surface area is 121 Å². The van der Waals surface area contributed by atoms with Gasteiger partial charge in [-0.3, -0.25) is 0 Å². The van der Waals surface area contributed by atoms with Crippen LogP contribution < -0.4 is 16.0 Å². The van der Waals surface area contributed by atoms with Crippen molar-refractivity contribution in [1.29, 1.82) is 0 Å². The first-order valence-electron chi connectivity index (χ1n) is 7.45. The van der Waals surface area contributed by atoms with Crippen LogP contribution in [0.15, 0.2) is 24.3 Å². The Bertz CT molecular complexity index is 451. The van der Waals surface area contributed by atoms with Gasteiger partial charge in [-0.2, -0.15) is 0 Å². The molecule has 0 radical (unpaired) electrons. The molecule has 1 aromatic carbocycles. The van der Waals surface area contributed by atoms with E-state index in [9.17, 15) is 4.79 Å². The van der Waals surface area contributed by atoms with Crippen molar-refractivity contribution in [2.45, 2.75) is 51.6 Å². The van der Waals surface area contributed by atoms with E-state index < -0.39 is 0 Å². The number of benzene rings is 1. The lowest BCUT2D eigenvalue weighted by Crippen LogP contribution is -2.52. The molecule has 0 heterocycles. The van der Waals surface area contributed by atoms with E-state index in [1.165, 1.54) is 12.0 Å². The first kappa shape index (κ1) is 14.9. The predicted octanol–water partition coefficient (Wildman–Crippen LogP) is 3.42. The maximum absolute atomic E-state index is 11.9. The highest BCUT2D eigenvalue weighted by atomic mass is 16.2. The highest BCUT2D eigenvalue weighted by molar-refractivity contribution is 5.89. The second kappa shape index (κ2) is 6.27. The molecule has 1 fully saturated rings. The zero-order chi connectivity index (χ0) is 14.6. The van der Waals surface area contributed by atoms with Crippen LogP contribution in [0.4, 0.5) is 10.5 Å². The number of anilines is 1. The summed E-state index contributed by atoms with van der Waals surface area (Å²) < 4.78 is 0. The summed E-state index contributed by atoms with van der Waals surface area (Å²) in [6.07, 6.45) is 3.34. The van der Waals surface area contributed by atoms with Gasteiger partial charge in [0.2, 0.25) is 0 Å². The van der Waals surface area contributed by atoms with Crippen molar-refractivity contribution in [2.75, 3.05) is 11.9 Å². The lowest BCUT2D eigenvalue weighted by molar-refractivity contribution is 0.200. The van der Waals surface area contributed by atoms with E-state index in [4.69, 9.17) is 0 Å². The van der Waals surface area contributed by atoms with Gasteiger partial charge in [0, 0.05) is 17.3 Å². The van der Waals surface area contributed by atoms with Crippen LogP contribution in [0.5, 0.6) is 0 Å². The first-order chi connectivity index (χ1) is 9.52. The summed E-state index contributed by atoms with van der Waals surface area (Å²) in [5, 5.41) is 9.30. The van der Waals surface area contributed by atoms with Crippen LogP contribution in [-0.4, -0.2) is 18.1 Å². The third-order valence-electron chi connectivity index (χ3n) is 4.05. The van der Waals surface area contributed by atoms with Gasteiger partial charge in [0.25, 0.3) is 0 Å². The molecule has 2 amide bonds. The molecule has 1 saturated carbocycles. The minimum Gasteiger partial charge on any atom is -0.333 e. The number of urea groups is 1. The van der Waals surface area contributed by atoms with E-state index in [1.807, 2.05) is 24.3 Å². The average Bonchev–Trinajstić information content (AvgIpc) is 2.38. The Morgan fingerprint density at radius 1 is 1.30 bits per heavy atom. The van der Waals surface area contributed by atoms with Gasteiger partial charge in [0.1, 0.15) is 0 Å². The number of nitrogens with one attached hydrogen (secondary N) is 3. The quantitative estimate of drug-likeness (QED) is 0.771. The molecule has 1 aliphatic rings. The number of carbonyl (C=O) groups excluding carboxylic acids is 1. The van der Waals surface area contributed by atoms with E-state index >= 15 is 0 Å². The Balaban J connectivity index is 1.88. The topological polar surface area (TPSA) is 53.2 Å². The molecular weight excluding hydrogens is 250 g/mol. The minimum absolute atomic E-state index is 0.0103. The lowest BCUT2D eigenvalue weighted by atomic mass is 9.79. The first-order valence-corrected chi connectivity index (χ1v) is 7.45. The minimum atomic E-state index is -0.111. The Kier molecular flexibility index (Phi) is 4.65. The average molecular weight is 275 g/mol. The molecule has 2 rings (SSSR count). The molecule has 1 aromatic rings. The van der Waals surface area contributed by atoms with Crippen molar-refractivity contribution in [3.8, 4) is 0 Å². The summed E-state index contributed by atoms with van der Waals surface area (Å²) in [5.74, 6) is 0. The zero-order valence-corrected chi connectivity index (χ0v) is 12.6. The standard InChI is InChI=1S/C16H25N3O/c1-4-17-12(2)13-6-8-14(9-7-13)18-15(20)19-16(3)10-5-11-16/h6-9,12,17H,4-5,10-11H2,1-3H3,(H2,18,19,20). The normalized spacial score (nSPS) is 17.9. The third-order valence-corrected chi connectivity index (χ3v) is 4.05. The van der Waals surface area contributed by atoms with E-state index in [0.29, 0.717) is 6.04 Å². The van der Waals surface area contributed by atoms with Gasteiger partial charge in [-0.25, -0.2) is 4.79 Å². The molecule has 4 heteroatoms. The number of carbonyl (C=O) groups is 1. The smallest absolute Gasteiger partial charge is 0.319 e. The van der Waals surface area contributed by atoms with Crippen molar-refractivity contribution >= 4 is 11.7 Å². The second-order valence-corrected chi connectivity index (χ2v) is 5.89. The van der Waals surface area contributed by atoms with Gasteiger partial charge in [0.05, 0.1) is 0 Å². The van der Waals surface area contributed by atoms with Gasteiger partial charge >= 0.3 is 6.03 Å². The van der Waals surface area contributed by atoms with Crippen LogP contribution in [0.3, 0.4) is 0 Å². The molecule has 1 atom stereocenters. The van der Waals surface area contributed by atoms with E-state index in [1.54, 1.807) is 0 Å². The van der Waals surface area contributed by atoms with Crippen molar-refractivity contribution in [3.63, 3.8) is 0 Å². The fourth-order valence-electron chi connectivity index (χ4n) is 2.55. The summed E-state index contributed by atoms with van der Waals surface area (Å²) in [5.41, 5.74) is 2.05. The van der Waals surface area contributed by atoms with E-state index in [2.05, 4.69) is 36.7 Å². The Morgan fingerprint density at radius 3 is 2.45 bits per heavy atom. The van der Waals surface area contributed by atoms with E-state index in [-0.39, 0.29) is 11.6 Å². The number of rotatable bonds is 5. The summed E-state index contributed by atoms with van der Waals surface area (Å²) in [6, 6.07) is 8.22. The van der Waals surface area contributed by atoms with E-state index in [0.717, 1.165) is 25.1 Å². The van der Waals surface area contributed by atoms with Crippen molar-refractivity contribution < 1.29 is 4.79 Å². The number of amides is 2. The Morgan fingerprint density at radius 2 is 1.95 bits per heavy atom. The molecule has 0 aliphatic heterocycles. The Hall–Kier alpha value is -1.55. The third kappa shape index (κ3) is 3.73. The molecular formula is C16H25N3O. The number of hydrogen-bond acceptors (Lipinski definition) is 2. The van der Waals surface area contributed by atoms with Crippen LogP contribution >= 0.6 is 0 Å². The van der Waals surface area contributed by atoms with Gasteiger partial charge in [-0.15, -0.1) is 0 Å². The summed E-state index contributed by atoms with van der Waals surface area (Å²) in [4.78, 5) is 11.9. The van der Waals surface area contributed by atoms with Gasteiger partial charge in [-0.1, -0.05) is 19.1 Å². The van der Waals surface area contributed by atoms with Crippen LogP contribution in [0.2, 0.25) is 0 Å². The molecule has 4 nitrogen and oxygen atoms in total. The summed E-state index contributed by atoms with van der Waals surface area (Å²) >= 11 is 0. The molecule has 0 aromatic heterocycles. The van der Waals surface area contributed by atoms with Gasteiger partial charge in [-0.05, 0) is 57.4 Å². The molecule has 1 aliphatic carbocycles. The highest BCUT2D eigenvalue weighted by Crippen LogP contribution is 2.30. The molecule has 110 valence electrons. The molecule has 1 unspecified atom stereocenters. The maximum Gasteiger partial charge on any atom is 0.319 e.